The Bertz CT molecular complexity index is 626. The third-order valence-electron chi connectivity index (χ3n) is 3.46. The summed E-state index contributed by atoms with van der Waals surface area (Å²) in [6.45, 7) is 0. The van der Waals surface area contributed by atoms with Crippen LogP contribution in [0.2, 0.25) is 0 Å². The van der Waals surface area contributed by atoms with Crippen molar-refractivity contribution in [1.29, 1.82) is 0 Å². The lowest BCUT2D eigenvalue weighted by Crippen LogP contribution is -2.12. The molecule has 0 saturated heterocycles. The molecule has 4 rings (SSSR count). The molecule has 2 aromatic heterocycles. The summed E-state index contributed by atoms with van der Waals surface area (Å²) in [6, 6.07) is 0. The Labute approximate surface area is 113 Å². The maximum absolute atomic E-state index is 12.1. The summed E-state index contributed by atoms with van der Waals surface area (Å²) in [5.41, 5.74) is 1.80. The minimum absolute atomic E-state index is 0.187. The van der Waals surface area contributed by atoms with E-state index in [0.717, 1.165) is 29.2 Å². The van der Waals surface area contributed by atoms with Crippen molar-refractivity contribution in [3.05, 3.63) is 21.9 Å². The van der Waals surface area contributed by atoms with E-state index < -0.39 is 0 Å². The predicted molar refractivity (Wildman–Crippen MR) is 70.4 cm³/mol. The number of H-pyrrole nitrogens is 1. The SMILES string of the molecule is O=C(Nc1cn[nH]c1C1CC1)c1nnc(C2CC2)s1. The molecule has 2 aliphatic rings. The highest BCUT2D eigenvalue weighted by molar-refractivity contribution is 7.13. The van der Waals surface area contributed by atoms with E-state index in [1.165, 1.54) is 24.2 Å². The summed E-state index contributed by atoms with van der Waals surface area (Å²) in [4.78, 5) is 12.1. The van der Waals surface area contributed by atoms with Crippen LogP contribution in [0.1, 0.15) is 58.0 Å². The zero-order chi connectivity index (χ0) is 12.8. The monoisotopic (exact) mass is 275 g/mol. The number of aromatic amines is 1. The number of nitrogens with zero attached hydrogens (tertiary/aromatic N) is 3. The van der Waals surface area contributed by atoms with E-state index in [1.807, 2.05) is 0 Å². The van der Waals surface area contributed by atoms with Crippen LogP contribution in [0, 0.1) is 0 Å². The highest BCUT2D eigenvalue weighted by atomic mass is 32.1. The average Bonchev–Trinajstić information content (AvgIpc) is 3.34. The van der Waals surface area contributed by atoms with E-state index in [9.17, 15) is 4.79 Å². The van der Waals surface area contributed by atoms with Crippen molar-refractivity contribution < 1.29 is 4.79 Å². The zero-order valence-corrected chi connectivity index (χ0v) is 11.0. The zero-order valence-electron chi connectivity index (χ0n) is 10.2. The highest BCUT2D eigenvalue weighted by Crippen LogP contribution is 2.43. The first-order chi connectivity index (χ1) is 9.31. The molecular weight excluding hydrogens is 262 g/mol. The normalized spacial score (nSPS) is 18.5. The van der Waals surface area contributed by atoms with Crippen LogP contribution >= 0.6 is 11.3 Å². The first-order valence-corrected chi connectivity index (χ1v) is 7.31. The molecule has 2 aromatic rings. The number of anilines is 1. The van der Waals surface area contributed by atoms with Gasteiger partial charge in [-0.2, -0.15) is 5.10 Å². The number of hydrogen-bond donors (Lipinski definition) is 2. The van der Waals surface area contributed by atoms with Crippen LogP contribution in [0.4, 0.5) is 5.69 Å². The summed E-state index contributed by atoms with van der Waals surface area (Å²) in [6.07, 6.45) is 6.33. The van der Waals surface area contributed by atoms with Crippen LogP contribution in [-0.2, 0) is 0 Å². The Balaban J connectivity index is 1.51. The fourth-order valence-corrected chi connectivity index (χ4v) is 2.98. The van der Waals surface area contributed by atoms with Gasteiger partial charge < -0.3 is 5.32 Å². The quantitative estimate of drug-likeness (QED) is 0.896. The lowest BCUT2D eigenvalue weighted by Gasteiger charge is -2.01. The number of rotatable bonds is 4. The molecule has 1 amide bonds. The van der Waals surface area contributed by atoms with E-state index in [2.05, 4.69) is 25.7 Å². The molecule has 0 aromatic carbocycles. The van der Waals surface area contributed by atoms with Crippen molar-refractivity contribution in [2.75, 3.05) is 5.32 Å². The van der Waals surface area contributed by atoms with Crippen LogP contribution in [0.15, 0.2) is 6.20 Å². The largest absolute Gasteiger partial charge is 0.317 e. The van der Waals surface area contributed by atoms with Gasteiger partial charge in [-0.3, -0.25) is 9.89 Å². The minimum atomic E-state index is -0.187. The fraction of sp³-hybridized carbons (Fsp3) is 0.500. The van der Waals surface area contributed by atoms with Gasteiger partial charge in [0.2, 0.25) is 5.01 Å². The molecule has 0 aliphatic heterocycles. The summed E-state index contributed by atoms with van der Waals surface area (Å²) in [7, 11) is 0. The van der Waals surface area contributed by atoms with Crippen molar-refractivity contribution in [2.45, 2.75) is 37.5 Å². The second-order valence-corrected chi connectivity index (χ2v) is 6.15. The molecule has 0 radical (unpaired) electrons. The van der Waals surface area contributed by atoms with E-state index in [0.29, 0.717) is 16.8 Å². The Kier molecular flexibility index (Phi) is 2.41. The number of aromatic nitrogens is 4. The third kappa shape index (κ3) is 2.14. The van der Waals surface area contributed by atoms with Gasteiger partial charge >= 0.3 is 0 Å². The van der Waals surface area contributed by atoms with Crippen molar-refractivity contribution >= 4 is 22.9 Å². The lowest BCUT2D eigenvalue weighted by atomic mass is 10.2. The van der Waals surface area contributed by atoms with Crippen LogP contribution in [0.5, 0.6) is 0 Å². The molecule has 2 heterocycles. The minimum Gasteiger partial charge on any atom is -0.317 e. The van der Waals surface area contributed by atoms with Gasteiger partial charge in [0.05, 0.1) is 17.6 Å². The topological polar surface area (TPSA) is 83.6 Å². The van der Waals surface area contributed by atoms with Crippen LogP contribution in [-0.4, -0.2) is 26.3 Å². The van der Waals surface area contributed by atoms with Gasteiger partial charge in [-0.1, -0.05) is 11.3 Å². The molecule has 2 fully saturated rings. The molecule has 0 unspecified atom stereocenters. The second kappa shape index (κ2) is 4.12. The highest BCUT2D eigenvalue weighted by Gasteiger charge is 2.30. The number of amides is 1. The van der Waals surface area contributed by atoms with Crippen molar-refractivity contribution in [1.82, 2.24) is 20.4 Å². The average molecular weight is 275 g/mol. The van der Waals surface area contributed by atoms with E-state index >= 15 is 0 Å². The molecule has 19 heavy (non-hydrogen) atoms. The van der Waals surface area contributed by atoms with Gasteiger partial charge in [0.25, 0.3) is 5.91 Å². The summed E-state index contributed by atoms with van der Waals surface area (Å²) in [5.74, 6) is 0.872. The molecule has 6 nitrogen and oxygen atoms in total. The molecular formula is C12H13N5OS. The van der Waals surface area contributed by atoms with Crippen LogP contribution in [0.25, 0.3) is 0 Å². The number of carbonyl (C=O) groups excluding carboxylic acids is 1. The van der Waals surface area contributed by atoms with Gasteiger partial charge in [-0.15, -0.1) is 10.2 Å². The van der Waals surface area contributed by atoms with Gasteiger partial charge in [-0.25, -0.2) is 0 Å². The Morgan fingerprint density at radius 1 is 1.26 bits per heavy atom. The lowest BCUT2D eigenvalue weighted by molar-refractivity contribution is 0.102. The van der Waals surface area contributed by atoms with Crippen molar-refractivity contribution in [2.24, 2.45) is 0 Å². The molecule has 0 atom stereocenters. The molecule has 98 valence electrons. The first kappa shape index (κ1) is 11.1. The van der Waals surface area contributed by atoms with Gasteiger partial charge in [-0.05, 0) is 25.7 Å². The predicted octanol–water partition coefficient (Wildman–Crippen LogP) is 2.27. The smallest absolute Gasteiger partial charge is 0.286 e. The second-order valence-electron chi connectivity index (χ2n) is 5.15. The summed E-state index contributed by atoms with van der Waals surface area (Å²) in [5, 5.41) is 19.3. The van der Waals surface area contributed by atoms with Crippen molar-refractivity contribution in [3.8, 4) is 0 Å². The third-order valence-corrected chi connectivity index (χ3v) is 4.55. The Hall–Kier alpha value is -1.76. The van der Waals surface area contributed by atoms with Gasteiger partial charge in [0, 0.05) is 11.8 Å². The molecule has 2 saturated carbocycles. The summed E-state index contributed by atoms with van der Waals surface area (Å²) >= 11 is 1.40. The van der Waals surface area contributed by atoms with Crippen LogP contribution in [0.3, 0.4) is 0 Å². The van der Waals surface area contributed by atoms with E-state index in [4.69, 9.17) is 0 Å². The fourth-order valence-electron chi connectivity index (χ4n) is 2.08. The molecule has 2 aliphatic carbocycles. The van der Waals surface area contributed by atoms with Crippen LogP contribution < -0.4 is 5.32 Å². The van der Waals surface area contributed by atoms with Gasteiger partial charge in [0.1, 0.15) is 5.01 Å². The Morgan fingerprint density at radius 3 is 2.79 bits per heavy atom. The maximum Gasteiger partial charge on any atom is 0.286 e. The van der Waals surface area contributed by atoms with E-state index in [-0.39, 0.29) is 5.91 Å². The molecule has 7 heteroatoms. The van der Waals surface area contributed by atoms with Crippen molar-refractivity contribution in [3.63, 3.8) is 0 Å². The first-order valence-electron chi connectivity index (χ1n) is 6.49. The molecule has 2 N–H and O–H groups in total. The standard InChI is InChI=1S/C12H13N5OS/c18-10(12-17-16-11(19-12)7-3-4-7)14-8-5-13-15-9(8)6-1-2-6/h5-7H,1-4H2,(H,13,15)(H,14,18). The van der Waals surface area contributed by atoms with E-state index in [1.54, 1.807) is 6.20 Å². The maximum atomic E-state index is 12.1. The number of nitrogens with one attached hydrogen (secondary N) is 2. The Morgan fingerprint density at radius 2 is 2.05 bits per heavy atom. The molecule has 0 bridgehead atoms. The number of hydrogen-bond acceptors (Lipinski definition) is 5. The molecule has 0 spiro atoms. The summed E-state index contributed by atoms with van der Waals surface area (Å²) < 4.78 is 0. The van der Waals surface area contributed by atoms with Gasteiger partial charge in [0.15, 0.2) is 0 Å². The number of carbonyl (C=O) groups is 1.